The zero-order chi connectivity index (χ0) is 13.0. The number of hydrogen-bond donors (Lipinski definition) is 1. The third-order valence-corrected chi connectivity index (χ3v) is 2.79. The van der Waals surface area contributed by atoms with Crippen LogP contribution in [0.25, 0.3) is 0 Å². The summed E-state index contributed by atoms with van der Waals surface area (Å²) in [6.45, 7) is 0.377. The molecule has 0 saturated heterocycles. The van der Waals surface area contributed by atoms with E-state index in [9.17, 15) is 5.11 Å². The summed E-state index contributed by atoms with van der Waals surface area (Å²) in [7, 11) is 1.81. The van der Waals surface area contributed by atoms with Crippen molar-refractivity contribution >= 4 is 17.4 Å². The van der Waals surface area contributed by atoms with Crippen LogP contribution in [0.2, 0.25) is 5.02 Å². The van der Waals surface area contributed by atoms with Crippen LogP contribution in [0, 0.1) is 0 Å². The maximum absolute atomic E-state index is 10.1. The molecule has 0 aliphatic rings. The average Bonchev–Trinajstić information content (AvgIpc) is 2.40. The number of hydrogen-bond acceptors (Lipinski definition) is 5. The van der Waals surface area contributed by atoms with Crippen molar-refractivity contribution in [3.63, 3.8) is 0 Å². The SMILES string of the molecule is CN(CC(O)c1cccnc1)c1ncncc1Cl. The molecule has 2 aromatic heterocycles. The van der Waals surface area contributed by atoms with Crippen molar-refractivity contribution in [1.29, 1.82) is 0 Å². The van der Waals surface area contributed by atoms with Crippen molar-refractivity contribution in [2.45, 2.75) is 6.10 Å². The Bertz CT molecular complexity index is 508. The third kappa shape index (κ3) is 2.94. The monoisotopic (exact) mass is 264 g/mol. The number of likely N-dealkylation sites (N-methyl/N-ethyl adjacent to an activating group) is 1. The van der Waals surface area contributed by atoms with E-state index >= 15 is 0 Å². The molecule has 1 unspecified atom stereocenters. The van der Waals surface area contributed by atoms with Gasteiger partial charge >= 0.3 is 0 Å². The molecule has 94 valence electrons. The topological polar surface area (TPSA) is 62.1 Å². The zero-order valence-corrected chi connectivity index (χ0v) is 10.6. The lowest BCUT2D eigenvalue weighted by atomic mass is 10.1. The molecule has 0 aromatic carbocycles. The van der Waals surface area contributed by atoms with E-state index in [1.807, 2.05) is 13.1 Å². The summed E-state index contributed by atoms with van der Waals surface area (Å²) in [6, 6.07) is 3.61. The Balaban J connectivity index is 2.08. The largest absolute Gasteiger partial charge is 0.386 e. The van der Waals surface area contributed by atoms with Gasteiger partial charge in [-0.05, 0) is 6.07 Å². The summed E-state index contributed by atoms with van der Waals surface area (Å²) in [6.07, 6.45) is 5.61. The second-order valence-corrected chi connectivity index (χ2v) is 4.28. The standard InChI is InChI=1S/C12H13ClN4O/c1-17(12-10(13)6-15-8-16-12)7-11(18)9-3-2-4-14-5-9/h2-6,8,11,18H,7H2,1H3. The van der Waals surface area contributed by atoms with Gasteiger partial charge in [-0.25, -0.2) is 9.97 Å². The molecular weight excluding hydrogens is 252 g/mol. The number of anilines is 1. The Morgan fingerprint density at radius 2 is 2.22 bits per heavy atom. The Hall–Kier alpha value is -1.72. The molecule has 0 saturated carbocycles. The van der Waals surface area contributed by atoms with Crippen molar-refractivity contribution in [2.75, 3.05) is 18.5 Å². The minimum Gasteiger partial charge on any atom is -0.386 e. The molecule has 1 N–H and O–H groups in total. The molecule has 1 atom stereocenters. The summed E-state index contributed by atoms with van der Waals surface area (Å²) in [5.74, 6) is 0.592. The van der Waals surface area contributed by atoms with E-state index in [0.717, 1.165) is 5.56 Å². The molecule has 2 heterocycles. The summed E-state index contributed by atoms with van der Waals surface area (Å²) >= 11 is 5.99. The summed E-state index contributed by atoms with van der Waals surface area (Å²) < 4.78 is 0. The lowest BCUT2D eigenvalue weighted by Gasteiger charge is -2.22. The van der Waals surface area contributed by atoms with Gasteiger partial charge in [0.05, 0.1) is 12.3 Å². The molecule has 0 amide bonds. The smallest absolute Gasteiger partial charge is 0.150 e. The number of aliphatic hydroxyl groups excluding tert-OH is 1. The van der Waals surface area contributed by atoms with Crippen LogP contribution in [0.3, 0.4) is 0 Å². The Morgan fingerprint density at radius 3 is 2.89 bits per heavy atom. The van der Waals surface area contributed by atoms with Crippen LogP contribution in [0.5, 0.6) is 0 Å². The normalized spacial score (nSPS) is 12.2. The number of pyridine rings is 1. The highest BCUT2D eigenvalue weighted by molar-refractivity contribution is 6.32. The predicted molar refractivity (Wildman–Crippen MR) is 69.5 cm³/mol. The minimum atomic E-state index is -0.644. The fourth-order valence-electron chi connectivity index (χ4n) is 1.61. The number of rotatable bonds is 4. The van der Waals surface area contributed by atoms with E-state index in [0.29, 0.717) is 17.4 Å². The van der Waals surface area contributed by atoms with Gasteiger partial charge in [0.25, 0.3) is 0 Å². The van der Waals surface area contributed by atoms with Crippen molar-refractivity contribution in [3.05, 3.63) is 47.6 Å². The lowest BCUT2D eigenvalue weighted by molar-refractivity contribution is 0.184. The molecule has 2 aromatic rings. The molecule has 2 rings (SSSR count). The van der Waals surface area contributed by atoms with Crippen molar-refractivity contribution in [3.8, 4) is 0 Å². The first-order chi connectivity index (χ1) is 8.68. The van der Waals surface area contributed by atoms with Gasteiger partial charge in [-0.3, -0.25) is 4.98 Å². The van der Waals surface area contributed by atoms with Crippen LogP contribution in [0.4, 0.5) is 5.82 Å². The van der Waals surface area contributed by atoms with Crippen LogP contribution < -0.4 is 4.90 Å². The summed E-state index contributed by atoms with van der Waals surface area (Å²) in [5, 5.41) is 10.5. The number of nitrogens with zero attached hydrogens (tertiary/aromatic N) is 4. The van der Waals surface area contributed by atoms with Gasteiger partial charge in [0, 0.05) is 31.5 Å². The van der Waals surface area contributed by atoms with Gasteiger partial charge in [-0.1, -0.05) is 17.7 Å². The maximum Gasteiger partial charge on any atom is 0.150 e. The highest BCUT2D eigenvalue weighted by Crippen LogP contribution is 2.22. The van der Waals surface area contributed by atoms with Crippen LogP contribution in [0.15, 0.2) is 37.1 Å². The molecule has 5 nitrogen and oxygen atoms in total. The highest BCUT2D eigenvalue weighted by atomic mass is 35.5. The van der Waals surface area contributed by atoms with E-state index < -0.39 is 6.10 Å². The lowest BCUT2D eigenvalue weighted by Crippen LogP contribution is -2.25. The van der Waals surface area contributed by atoms with Crippen LogP contribution in [-0.2, 0) is 0 Å². The first-order valence-electron chi connectivity index (χ1n) is 5.43. The third-order valence-electron chi connectivity index (χ3n) is 2.53. The number of aliphatic hydroxyl groups is 1. The Morgan fingerprint density at radius 1 is 1.39 bits per heavy atom. The van der Waals surface area contributed by atoms with Crippen molar-refractivity contribution < 1.29 is 5.11 Å². The minimum absolute atomic E-state index is 0.377. The van der Waals surface area contributed by atoms with E-state index in [1.54, 1.807) is 23.4 Å². The molecule has 0 aliphatic carbocycles. The first kappa shape index (κ1) is 12.7. The molecule has 0 radical (unpaired) electrons. The van der Waals surface area contributed by atoms with Gasteiger partial charge in [0.15, 0.2) is 5.82 Å². The molecule has 0 aliphatic heterocycles. The van der Waals surface area contributed by atoms with Gasteiger partial charge in [0.2, 0.25) is 0 Å². The van der Waals surface area contributed by atoms with E-state index in [2.05, 4.69) is 15.0 Å². The predicted octanol–water partition coefficient (Wildman–Crippen LogP) is 1.69. The maximum atomic E-state index is 10.1. The van der Waals surface area contributed by atoms with Gasteiger partial charge < -0.3 is 10.0 Å². The molecule has 0 spiro atoms. The number of aromatic nitrogens is 3. The zero-order valence-electron chi connectivity index (χ0n) is 9.86. The van der Waals surface area contributed by atoms with Crippen LogP contribution >= 0.6 is 11.6 Å². The Labute approximate surface area is 110 Å². The highest BCUT2D eigenvalue weighted by Gasteiger charge is 2.14. The van der Waals surface area contributed by atoms with E-state index in [-0.39, 0.29) is 0 Å². The van der Waals surface area contributed by atoms with Crippen molar-refractivity contribution in [1.82, 2.24) is 15.0 Å². The summed E-state index contributed by atoms with van der Waals surface area (Å²) in [5.41, 5.74) is 0.759. The van der Waals surface area contributed by atoms with Gasteiger partial charge in [0.1, 0.15) is 11.3 Å². The second kappa shape index (κ2) is 5.75. The van der Waals surface area contributed by atoms with E-state index in [4.69, 9.17) is 11.6 Å². The molecule has 0 fully saturated rings. The average molecular weight is 265 g/mol. The fraction of sp³-hybridized carbons (Fsp3) is 0.250. The summed E-state index contributed by atoms with van der Waals surface area (Å²) in [4.78, 5) is 13.7. The molecule has 0 bridgehead atoms. The quantitative estimate of drug-likeness (QED) is 0.911. The Kier molecular flexibility index (Phi) is 4.07. The van der Waals surface area contributed by atoms with Crippen LogP contribution in [0.1, 0.15) is 11.7 Å². The first-order valence-corrected chi connectivity index (χ1v) is 5.81. The van der Waals surface area contributed by atoms with Crippen LogP contribution in [-0.4, -0.2) is 33.7 Å². The van der Waals surface area contributed by atoms with Crippen molar-refractivity contribution in [2.24, 2.45) is 0 Å². The van der Waals surface area contributed by atoms with Gasteiger partial charge in [-0.2, -0.15) is 0 Å². The van der Waals surface area contributed by atoms with Gasteiger partial charge in [-0.15, -0.1) is 0 Å². The molecule has 6 heteroatoms. The molecule has 18 heavy (non-hydrogen) atoms. The molecular formula is C12H13ClN4O. The fourth-order valence-corrected chi connectivity index (χ4v) is 1.86. The van der Waals surface area contributed by atoms with E-state index in [1.165, 1.54) is 12.5 Å². The number of halogens is 1. The second-order valence-electron chi connectivity index (χ2n) is 3.88.